The number of nitrogens with zero attached hydrogens (tertiary/aromatic N) is 4. The zero-order valence-corrected chi connectivity index (χ0v) is 24.5. The number of primary amides is 1. The number of nitrogens with two attached hydrogens (primary N) is 1. The second-order valence-corrected chi connectivity index (χ2v) is 11.5. The number of carbonyl (C=O) groups is 1. The Morgan fingerprint density at radius 3 is 2.73 bits per heavy atom. The number of thiophene rings is 1. The summed E-state index contributed by atoms with van der Waals surface area (Å²) in [6.45, 7) is 10.7. The number of hydrogen-bond donors (Lipinski definition) is 2. The van der Waals surface area contributed by atoms with E-state index in [2.05, 4.69) is 46.3 Å². The fraction of sp³-hybridized carbons (Fsp3) is 0.400. The van der Waals surface area contributed by atoms with E-state index < -0.39 is 5.91 Å². The van der Waals surface area contributed by atoms with E-state index in [1.807, 2.05) is 26.8 Å². The maximum Gasteiger partial charge on any atom is 0.259 e. The number of amides is 1. The summed E-state index contributed by atoms with van der Waals surface area (Å²) in [5.74, 6) is 1.56. The molecular formula is C30H36N6O3S. The molecule has 0 radical (unpaired) electrons. The Balaban J connectivity index is 1.57. The van der Waals surface area contributed by atoms with Gasteiger partial charge < -0.3 is 25.4 Å². The van der Waals surface area contributed by atoms with Crippen LogP contribution in [0.3, 0.4) is 0 Å². The maximum atomic E-state index is 12.5. The number of likely N-dealkylation sites (tertiary alicyclic amines) is 1. The van der Waals surface area contributed by atoms with Gasteiger partial charge in [-0.15, -0.1) is 11.3 Å². The van der Waals surface area contributed by atoms with Crippen molar-refractivity contribution < 1.29 is 14.3 Å². The molecule has 10 heteroatoms. The Morgan fingerprint density at radius 2 is 2.02 bits per heavy atom. The van der Waals surface area contributed by atoms with Gasteiger partial charge in [0.15, 0.2) is 0 Å². The van der Waals surface area contributed by atoms with Crippen LogP contribution in [0.2, 0.25) is 0 Å². The first-order valence-corrected chi connectivity index (χ1v) is 14.5. The van der Waals surface area contributed by atoms with E-state index in [0.29, 0.717) is 45.9 Å². The molecule has 1 amide bonds. The number of fused-ring (bicyclic) bond motifs is 1. The summed E-state index contributed by atoms with van der Waals surface area (Å²) in [5.41, 5.74) is 11.0. The highest BCUT2D eigenvalue weighted by Crippen LogP contribution is 2.42. The third kappa shape index (κ3) is 5.73. The molecule has 4 aromatic rings. The topological polar surface area (TPSA) is 115 Å². The highest BCUT2D eigenvalue weighted by atomic mass is 32.1. The molecule has 5 rings (SSSR count). The number of nitrogens with one attached hydrogen (secondary N) is 1. The number of piperidine rings is 1. The van der Waals surface area contributed by atoms with Crippen LogP contribution in [-0.2, 0) is 0 Å². The fourth-order valence-corrected chi connectivity index (χ4v) is 6.22. The van der Waals surface area contributed by atoms with Crippen molar-refractivity contribution in [3.05, 3.63) is 52.7 Å². The van der Waals surface area contributed by atoms with Crippen LogP contribution in [0.4, 0.5) is 11.6 Å². The van der Waals surface area contributed by atoms with Gasteiger partial charge in [0.25, 0.3) is 5.91 Å². The number of hydrogen-bond acceptors (Lipinski definition) is 9. The molecular weight excluding hydrogens is 524 g/mol. The minimum Gasteiger partial charge on any atom is -0.489 e. The second kappa shape index (κ2) is 11.8. The van der Waals surface area contributed by atoms with E-state index in [-0.39, 0.29) is 6.10 Å². The minimum absolute atomic E-state index is 0.00108. The van der Waals surface area contributed by atoms with E-state index in [4.69, 9.17) is 20.2 Å². The zero-order valence-electron chi connectivity index (χ0n) is 23.7. The van der Waals surface area contributed by atoms with E-state index in [1.165, 1.54) is 22.5 Å². The molecule has 0 saturated carbocycles. The first-order chi connectivity index (χ1) is 19.2. The van der Waals surface area contributed by atoms with Gasteiger partial charge in [-0.2, -0.15) is 0 Å². The van der Waals surface area contributed by atoms with Crippen molar-refractivity contribution in [1.29, 1.82) is 0 Å². The first-order valence-electron chi connectivity index (χ1n) is 13.7. The average molecular weight is 561 g/mol. The predicted octanol–water partition coefficient (Wildman–Crippen LogP) is 5.90. The lowest BCUT2D eigenvalue weighted by molar-refractivity contribution is 0.100. The van der Waals surface area contributed by atoms with Gasteiger partial charge in [-0.1, -0.05) is 0 Å². The van der Waals surface area contributed by atoms with Gasteiger partial charge in [-0.05, 0) is 102 Å². The summed E-state index contributed by atoms with van der Waals surface area (Å²) in [6, 6.07) is 7.96. The lowest BCUT2D eigenvalue weighted by Crippen LogP contribution is -2.29. The molecule has 4 heterocycles. The molecule has 1 aliphatic rings. The van der Waals surface area contributed by atoms with Crippen molar-refractivity contribution in [2.24, 2.45) is 5.73 Å². The van der Waals surface area contributed by atoms with Crippen LogP contribution in [-0.4, -0.2) is 58.6 Å². The van der Waals surface area contributed by atoms with Gasteiger partial charge in [0.1, 0.15) is 10.6 Å². The van der Waals surface area contributed by atoms with E-state index in [0.717, 1.165) is 42.1 Å². The smallest absolute Gasteiger partial charge is 0.259 e. The number of carbonyl (C=O) groups excluding carboxylic acids is 1. The molecule has 9 nitrogen and oxygen atoms in total. The van der Waals surface area contributed by atoms with Crippen molar-refractivity contribution in [2.75, 3.05) is 32.1 Å². The number of aryl methyl sites for hydroxylation is 1. The maximum absolute atomic E-state index is 12.5. The number of benzene rings is 1. The molecule has 0 unspecified atom stereocenters. The van der Waals surface area contributed by atoms with Gasteiger partial charge in [0.2, 0.25) is 11.8 Å². The molecule has 0 atom stereocenters. The van der Waals surface area contributed by atoms with Crippen molar-refractivity contribution in [3.63, 3.8) is 0 Å². The quantitative estimate of drug-likeness (QED) is 0.260. The molecule has 0 spiro atoms. The molecule has 1 aromatic carbocycles. The first kappa shape index (κ1) is 27.8. The largest absolute Gasteiger partial charge is 0.489 e. The van der Waals surface area contributed by atoms with E-state index in [9.17, 15) is 4.79 Å². The normalized spacial score (nSPS) is 14.6. The van der Waals surface area contributed by atoms with Gasteiger partial charge in [0.05, 0.1) is 34.8 Å². The molecule has 1 saturated heterocycles. The Morgan fingerprint density at radius 1 is 1.25 bits per heavy atom. The molecule has 1 aliphatic heterocycles. The second-order valence-electron chi connectivity index (χ2n) is 10.4. The Kier molecular flexibility index (Phi) is 8.18. The van der Waals surface area contributed by atoms with Crippen molar-refractivity contribution >= 4 is 39.1 Å². The van der Waals surface area contributed by atoms with Crippen LogP contribution >= 0.6 is 11.3 Å². The van der Waals surface area contributed by atoms with Crippen LogP contribution in [0.5, 0.6) is 11.6 Å². The highest BCUT2D eigenvalue weighted by Gasteiger charge is 2.25. The molecule has 0 aliphatic carbocycles. The predicted molar refractivity (Wildman–Crippen MR) is 160 cm³/mol. The Labute approximate surface area is 238 Å². The molecule has 40 heavy (non-hydrogen) atoms. The lowest BCUT2D eigenvalue weighted by atomic mass is 9.86. The summed E-state index contributed by atoms with van der Waals surface area (Å²) < 4.78 is 12.8. The van der Waals surface area contributed by atoms with Crippen molar-refractivity contribution in [2.45, 2.75) is 52.6 Å². The number of pyridine rings is 1. The molecule has 3 aromatic heterocycles. The van der Waals surface area contributed by atoms with Gasteiger partial charge in [-0.3, -0.25) is 4.79 Å². The van der Waals surface area contributed by atoms with Gasteiger partial charge in [0, 0.05) is 17.3 Å². The van der Waals surface area contributed by atoms with Crippen LogP contribution in [0.25, 0.3) is 21.3 Å². The summed E-state index contributed by atoms with van der Waals surface area (Å²) in [7, 11) is 2.18. The van der Waals surface area contributed by atoms with Crippen molar-refractivity contribution in [1.82, 2.24) is 19.9 Å². The minimum atomic E-state index is -0.536. The molecule has 1 fully saturated rings. The van der Waals surface area contributed by atoms with Crippen LogP contribution in [0, 0.1) is 6.92 Å². The van der Waals surface area contributed by atoms with Crippen LogP contribution in [0.1, 0.15) is 60.3 Å². The Bertz CT molecular complexity index is 1530. The summed E-state index contributed by atoms with van der Waals surface area (Å²) >= 11 is 1.26. The lowest BCUT2D eigenvalue weighted by Gasteiger charge is -2.30. The number of rotatable bonds is 9. The average Bonchev–Trinajstić information content (AvgIpc) is 3.30. The SMILES string of the molecule is CCOc1ncccc1-c1c(C(N)=O)sc2cnc(Nc3cc(C)c(C4CCN(C)CC4)cc3OC(C)C)nc12. The summed E-state index contributed by atoms with van der Waals surface area (Å²) in [6.07, 6.45) is 5.63. The third-order valence-corrected chi connectivity index (χ3v) is 8.24. The van der Waals surface area contributed by atoms with Gasteiger partial charge in [-0.25, -0.2) is 15.0 Å². The van der Waals surface area contributed by atoms with Gasteiger partial charge >= 0.3 is 0 Å². The standard InChI is InChI=1S/C30H36N6O3S/c1-6-38-29-20(8-7-11-32-29)25-26-24(40-27(25)28(31)37)16-33-30(35-26)34-22-14-18(4)21(15-23(22)39-17(2)3)19-9-12-36(5)13-10-19/h7-8,11,14-17,19H,6,9-10,12-13H2,1-5H3,(H2,31,37)(H,33,34,35). The van der Waals surface area contributed by atoms with Crippen LogP contribution in [0.15, 0.2) is 36.7 Å². The van der Waals surface area contributed by atoms with Crippen molar-refractivity contribution in [3.8, 4) is 22.8 Å². The third-order valence-electron chi connectivity index (χ3n) is 7.11. The number of aromatic nitrogens is 3. The summed E-state index contributed by atoms with van der Waals surface area (Å²) in [5, 5.41) is 3.39. The van der Waals surface area contributed by atoms with E-state index >= 15 is 0 Å². The van der Waals surface area contributed by atoms with Crippen LogP contribution < -0.4 is 20.5 Å². The number of anilines is 2. The van der Waals surface area contributed by atoms with E-state index in [1.54, 1.807) is 18.5 Å². The summed E-state index contributed by atoms with van der Waals surface area (Å²) in [4.78, 5) is 29.0. The molecule has 0 bridgehead atoms. The zero-order chi connectivity index (χ0) is 28.4. The number of ether oxygens (including phenoxy) is 2. The highest BCUT2D eigenvalue weighted by molar-refractivity contribution is 7.21. The molecule has 3 N–H and O–H groups in total. The Hall–Kier alpha value is -3.76. The molecule has 210 valence electrons. The monoisotopic (exact) mass is 560 g/mol. The fourth-order valence-electron chi connectivity index (χ4n) is 5.24.